The van der Waals surface area contributed by atoms with Gasteiger partial charge in [0.25, 0.3) is 0 Å². The van der Waals surface area contributed by atoms with Crippen LogP contribution in [0.25, 0.3) is 11.4 Å². The number of rotatable bonds is 10. The van der Waals surface area contributed by atoms with Crippen molar-refractivity contribution < 1.29 is 23.7 Å². The minimum Gasteiger partial charge on any atom is -0.465 e. The molecule has 0 fully saturated rings. The summed E-state index contributed by atoms with van der Waals surface area (Å²) in [6, 6.07) is 23.8. The van der Waals surface area contributed by atoms with Gasteiger partial charge in [0.2, 0.25) is 31.3 Å². The van der Waals surface area contributed by atoms with E-state index >= 15 is 0 Å². The van der Waals surface area contributed by atoms with Gasteiger partial charge in [-0.3, -0.25) is 4.90 Å². The Morgan fingerprint density at radius 3 is 2.34 bits per heavy atom. The number of aromatic nitrogens is 4. The minimum atomic E-state index is -0.445. The summed E-state index contributed by atoms with van der Waals surface area (Å²) in [6.45, 7) is 0.807. The number of H-pyrrole nitrogens is 1. The molecule has 0 amide bonds. The highest BCUT2D eigenvalue weighted by molar-refractivity contribution is 5.62. The number of nitrogens with zero attached hydrogens (tertiary/aromatic N) is 4. The van der Waals surface area contributed by atoms with Crippen LogP contribution in [0, 0.1) is 0 Å². The summed E-state index contributed by atoms with van der Waals surface area (Å²) in [5, 5.41) is 8.81. The molecule has 0 saturated carbocycles. The monoisotopic (exact) mass is 511 g/mol. The van der Waals surface area contributed by atoms with Crippen LogP contribution in [0.5, 0.6) is 5.88 Å². The van der Waals surface area contributed by atoms with Crippen LogP contribution in [-0.4, -0.2) is 39.9 Å². The van der Waals surface area contributed by atoms with Gasteiger partial charge in [0.1, 0.15) is 12.5 Å². The van der Waals surface area contributed by atoms with Gasteiger partial charge in [-0.1, -0.05) is 60.7 Å². The summed E-state index contributed by atoms with van der Waals surface area (Å²) in [7, 11) is 0. The van der Waals surface area contributed by atoms with E-state index in [1.807, 2.05) is 77.7 Å². The molecule has 1 atom stereocenters. The van der Waals surface area contributed by atoms with Gasteiger partial charge in [-0.05, 0) is 23.3 Å². The largest absolute Gasteiger partial charge is 0.465 e. The molecule has 192 valence electrons. The molecule has 38 heavy (non-hydrogen) atoms. The average Bonchev–Trinajstić information content (AvgIpc) is 3.76. The van der Waals surface area contributed by atoms with E-state index in [0.717, 1.165) is 11.1 Å². The van der Waals surface area contributed by atoms with Crippen LogP contribution in [0.3, 0.4) is 0 Å². The van der Waals surface area contributed by atoms with Crippen LogP contribution in [0.1, 0.15) is 11.1 Å². The highest BCUT2D eigenvalue weighted by Crippen LogP contribution is 2.31. The average molecular weight is 512 g/mol. The SMILES string of the molecule is C1=C(C(Cc2ccccc2)Oc2ncccc2-c2nnc(N(Cc3ccccc3)C3=COCO3)[nH]2)OCO1. The van der Waals surface area contributed by atoms with Gasteiger partial charge in [-0.2, -0.15) is 0 Å². The van der Waals surface area contributed by atoms with Gasteiger partial charge >= 0.3 is 0 Å². The molecule has 2 aliphatic rings. The van der Waals surface area contributed by atoms with Crippen molar-refractivity contribution in [1.82, 2.24) is 20.2 Å². The van der Waals surface area contributed by atoms with Crippen molar-refractivity contribution in [2.45, 2.75) is 19.1 Å². The predicted octanol–water partition coefficient (Wildman–Crippen LogP) is 4.51. The number of benzene rings is 2. The molecule has 0 saturated heterocycles. The number of pyridine rings is 1. The molecule has 0 radical (unpaired) electrons. The lowest BCUT2D eigenvalue weighted by atomic mass is 10.1. The highest BCUT2D eigenvalue weighted by Gasteiger charge is 2.26. The number of nitrogens with one attached hydrogen (secondary N) is 1. The molecule has 0 spiro atoms. The summed E-state index contributed by atoms with van der Waals surface area (Å²) in [4.78, 5) is 9.66. The lowest BCUT2D eigenvalue weighted by molar-refractivity contribution is 0.0549. The maximum absolute atomic E-state index is 6.41. The second kappa shape index (κ2) is 11.0. The van der Waals surface area contributed by atoms with Gasteiger partial charge in [0.15, 0.2) is 17.7 Å². The molecule has 4 heterocycles. The molecule has 1 N–H and O–H groups in total. The van der Waals surface area contributed by atoms with Crippen LogP contribution < -0.4 is 9.64 Å². The molecular weight excluding hydrogens is 486 g/mol. The second-order valence-electron chi connectivity index (χ2n) is 8.56. The first-order valence-corrected chi connectivity index (χ1v) is 12.1. The summed E-state index contributed by atoms with van der Waals surface area (Å²) < 4.78 is 28.3. The number of ether oxygens (including phenoxy) is 5. The van der Waals surface area contributed by atoms with Gasteiger partial charge in [-0.25, -0.2) is 4.98 Å². The minimum absolute atomic E-state index is 0.145. The molecule has 0 aliphatic carbocycles. The number of hydrogen-bond donors (Lipinski definition) is 1. The maximum atomic E-state index is 6.41. The van der Waals surface area contributed by atoms with E-state index in [-0.39, 0.29) is 13.6 Å². The third-order valence-electron chi connectivity index (χ3n) is 5.99. The Morgan fingerprint density at radius 1 is 0.842 bits per heavy atom. The Bertz CT molecular complexity index is 1420. The van der Waals surface area contributed by atoms with Crippen molar-refractivity contribution in [3.63, 3.8) is 0 Å². The molecule has 10 heteroatoms. The summed E-state index contributed by atoms with van der Waals surface area (Å²) >= 11 is 0. The normalized spacial score (nSPS) is 14.8. The van der Waals surface area contributed by atoms with E-state index in [0.29, 0.717) is 47.8 Å². The van der Waals surface area contributed by atoms with Gasteiger partial charge in [0.05, 0.1) is 12.1 Å². The quantitative estimate of drug-likeness (QED) is 0.329. The number of aromatic amines is 1. The fraction of sp³-hybridized carbons (Fsp3) is 0.179. The fourth-order valence-corrected chi connectivity index (χ4v) is 4.14. The molecular formula is C28H25N5O5. The van der Waals surface area contributed by atoms with Crippen LogP contribution in [0.2, 0.25) is 0 Å². The first kappa shape index (κ1) is 23.4. The Hall–Kier alpha value is -4.99. The summed E-state index contributed by atoms with van der Waals surface area (Å²) in [5.74, 6) is 2.51. The zero-order valence-corrected chi connectivity index (χ0v) is 20.4. The molecule has 2 aromatic carbocycles. The summed E-state index contributed by atoms with van der Waals surface area (Å²) in [6.07, 6.45) is 4.95. The lowest BCUT2D eigenvalue weighted by Crippen LogP contribution is -2.24. The predicted molar refractivity (Wildman–Crippen MR) is 137 cm³/mol. The van der Waals surface area contributed by atoms with Crippen LogP contribution in [0.4, 0.5) is 5.95 Å². The number of hydrogen-bond acceptors (Lipinski definition) is 9. The van der Waals surface area contributed by atoms with Gasteiger partial charge < -0.3 is 28.7 Å². The standard InChI is InChI=1S/C28H25N5O5/c1-3-8-20(9-4-1)14-23(24-16-34-18-36-24)38-27-22(12-7-13-29-27)26-30-28(32-31-26)33(25-17-35-19-37-25)15-21-10-5-2-6-11-21/h1-13,16-17,23H,14-15,18-19H2,(H,30,31,32). The first-order chi connectivity index (χ1) is 18.8. The lowest BCUT2D eigenvalue weighted by Gasteiger charge is -2.21. The van der Waals surface area contributed by atoms with Crippen molar-refractivity contribution in [2.75, 3.05) is 18.5 Å². The third kappa shape index (κ3) is 5.24. The van der Waals surface area contributed by atoms with Crippen LogP contribution in [0.15, 0.2) is 103 Å². The summed E-state index contributed by atoms with van der Waals surface area (Å²) in [5.41, 5.74) is 2.82. The van der Waals surface area contributed by atoms with Crippen molar-refractivity contribution in [1.29, 1.82) is 0 Å². The van der Waals surface area contributed by atoms with Crippen molar-refractivity contribution in [3.8, 4) is 17.3 Å². The zero-order chi connectivity index (χ0) is 25.6. The van der Waals surface area contributed by atoms with Crippen molar-refractivity contribution in [3.05, 3.63) is 114 Å². The topological polar surface area (TPSA) is 104 Å². The number of anilines is 1. The Labute approximate surface area is 219 Å². The Balaban J connectivity index is 1.28. The zero-order valence-electron chi connectivity index (χ0n) is 20.4. The smallest absolute Gasteiger partial charge is 0.235 e. The first-order valence-electron chi connectivity index (χ1n) is 12.1. The van der Waals surface area contributed by atoms with E-state index in [4.69, 9.17) is 23.7 Å². The van der Waals surface area contributed by atoms with Gasteiger partial charge in [-0.15, -0.1) is 10.2 Å². The van der Waals surface area contributed by atoms with E-state index in [1.54, 1.807) is 18.7 Å². The van der Waals surface area contributed by atoms with Crippen LogP contribution >= 0.6 is 0 Å². The van der Waals surface area contributed by atoms with E-state index in [2.05, 4.69) is 20.2 Å². The molecule has 4 aromatic rings. The molecule has 0 bridgehead atoms. The Morgan fingerprint density at radius 2 is 1.61 bits per heavy atom. The van der Waals surface area contributed by atoms with Crippen molar-refractivity contribution >= 4 is 5.95 Å². The fourth-order valence-electron chi connectivity index (χ4n) is 4.14. The van der Waals surface area contributed by atoms with E-state index < -0.39 is 6.10 Å². The second-order valence-corrected chi connectivity index (χ2v) is 8.56. The van der Waals surface area contributed by atoms with Gasteiger partial charge in [0, 0.05) is 12.6 Å². The van der Waals surface area contributed by atoms with Crippen molar-refractivity contribution in [2.24, 2.45) is 0 Å². The maximum Gasteiger partial charge on any atom is 0.235 e. The highest BCUT2D eigenvalue weighted by atomic mass is 16.7. The molecule has 2 aliphatic heterocycles. The molecule has 2 aromatic heterocycles. The molecule has 10 nitrogen and oxygen atoms in total. The third-order valence-corrected chi connectivity index (χ3v) is 5.99. The molecule has 6 rings (SSSR count). The van der Waals surface area contributed by atoms with Crippen LogP contribution in [-0.2, 0) is 31.9 Å². The van der Waals surface area contributed by atoms with E-state index in [9.17, 15) is 0 Å². The van der Waals surface area contributed by atoms with E-state index in [1.165, 1.54) is 0 Å². The Kier molecular flexibility index (Phi) is 6.75. The molecule has 1 unspecified atom stereocenters.